The van der Waals surface area contributed by atoms with E-state index >= 15 is 4.39 Å². The smallest absolute Gasteiger partial charge is 0.419 e. The summed E-state index contributed by atoms with van der Waals surface area (Å²) in [6.45, 7) is 16.2. The van der Waals surface area contributed by atoms with Crippen LogP contribution in [0.2, 0.25) is 0 Å². The Morgan fingerprint density at radius 1 is 0.914 bits per heavy atom. The van der Waals surface area contributed by atoms with Crippen LogP contribution < -0.4 is 19.4 Å². The summed E-state index contributed by atoms with van der Waals surface area (Å²) in [5, 5.41) is 18.4. The van der Waals surface area contributed by atoms with Gasteiger partial charge in [0.05, 0.1) is 41.6 Å². The molecule has 1 amide bonds. The molecule has 22 heteroatoms. The van der Waals surface area contributed by atoms with Crippen LogP contribution in [-0.2, 0) is 21.9 Å². The zero-order chi connectivity index (χ0) is 50.9. The van der Waals surface area contributed by atoms with Gasteiger partial charge in [-0.2, -0.15) is 36.9 Å². The third-order valence-corrected chi connectivity index (χ3v) is 13.5. The normalized spacial score (nSPS) is 19.9. The Balaban J connectivity index is 0.865. The number of halogens is 7. The molecule has 4 fully saturated rings. The minimum atomic E-state index is -4.88. The fourth-order valence-electron chi connectivity index (χ4n) is 8.80. The van der Waals surface area contributed by atoms with Gasteiger partial charge in [0.1, 0.15) is 47.6 Å². The Hall–Kier alpha value is -6.46. The number of amides is 1. The average molecular weight is 1010 g/mol. The molecule has 2 atom stereocenters. The number of benzene rings is 1. The molecule has 5 heterocycles. The number of anilines is 3. The van der Waals surface area contributed by atoms with Crippen LogP contribution >= 0.6 is 24.4 Å². The summed E-state index contributed by atoms with van der Waals surface area (Å²) in [5.41, 5.74) is -4.14. The SMILES string of the molecule is C=C(/C=C\C(=C)N(C)C(=S)N(C(=C)C)c1cnc(C#N)c(C(F)(F)F)c1)OC1CCN(CN2CC[C@H](Oc3ccc(N4C(=S)N(c5cnc(C#N)c(C(F)(F)F)c5)C(=O)C45CCC5)cc3)[C@H](F)C2)CC1. The van der Waals surface area contributed by atoms with E-state index in [1.54, 1.807) is 55.3 Å². The number of allylic oxidation sites excluding steroid dienone is 3. The number of aromatic nitrogens is 2. The number of likely N-dealkylation sites (N-methyl/N-ethyl adjacent to an activating group) is 1. The number of hydrogen-bond acceptors (Lipinski definition) is 11. The summed E-state index contributed by atoms with van der Waals surface area (Å²) in [4.78, 5) is 31.0. The van der Waals surface area contributed by atoms with Crippen molar-refractivity contribution in [2.24, 2.45) is 0 Å². The molecule has 3 saturated heterocycles. The van der Waals surface area contributed by atoms with Crippen LogP contribution in [0.15, 0.2) is 97.8 Å². The van der Waals surface area contributed by atoms with Crippen molar-refractivity contribution >= 4 is 57.6 Å². The van der Waals surface area contributed by atoms with Gasteiger partial charge in [-0.3, -0.25) is 24.4 Å². The van der Waals surface area contributed by atoms with E-state index in [0.717, 1.165) is 23.4 Å². The first kappa shape index (κ1) is 51.4. The molecule has 0 unspecified atom stereocenters. The topological polar surface area (TPSA) is 128 Å². The van der Waals surface area contributed by atoms with E-state index in [2.05, 4.69) is 34.6 Å². The molecule has 3 aromatic rings. The number of carbonyl (C=O) groups excluding carboxylic acids is 1. The number of alkyl halides is 7. The van der Waals surface area contributed by atoms with Gasteiger partial charge < -0.3 is 19.3 Å². The fourth-order valence-corrected chi connectivity index (χ4v) is 9.65. The molecule has 70 heavy (non-hydrogen) atoms. The van der Waals surface area contributed by atoms with Crippen LogP contribution in [0.1, 0.15) is 68.0 Å². The van der Waals surface area contributed by atoms with Crippen LogP contribution in [-0.4, -0.2) is 105 Å². The van der Waals surface area contributed by atoms with Crippen molar-refractivity contribution < 1.29 is 45.0 Å². The molecule has 1 spiro atoms. The lowest BCUT2D eigenvalue weighted by Crippen LogP contribution is -2.55. The van der Waals surface area contributed by atoms with Gasteiger partial charge in [-0.05, 0) is 118 Å². The summed E-state index contributed by atoms with van der Waals surface area (Å²) in [6.07, 6.45) is -3.06. The number of thiocarbonyl (C=S) groups is 2. The largest absolute Gasteiger partial charge is 0.491 e. The predicted molar refractivity (Wildman–Crippen MR) is 255 cm³/mol. The molecule has 13 nitrogen and oxygen atoms in total. The van der Waals surface area contributed by atoms with Crippen LogP contribution in [0.3, 0.4) is 0 Å². The van der Waals surface area contributed by atoms with Crippen molar-refractivity contribution in [2.75, 3.05) is 54.6 Å². The van der Waals surface area contributed by atoms with Gasteiger partial charge in [0, 0.05) is 50.3 Å². The predicted octanol–water partition coefficient (Wildman–Crippen LogP) is 9.39. The number of nitriles is 2. The van der Waals surface area contributed by atoms with E-state index in [-0.39, 0.29) is 34.2 Å². The Labute approximate surface area is 410 Å². The number of rotatable bonds is 13. The summed E-state index contributed by atoms with van der Waals surface area (Å²) in [7, 11) is 1.59. The minimum absolute atomic E-state index is 0.0220. The second-order valence-electron chi connectivity index (χ2n) is 17.4. The summed E-state index contributed by atoms with van der Waals surface area (Å²) in [5.74, 6) is 0.293. The van der Waals surface area contributed by atoms with Crippen molar-refractivity contribution in [3.63, 3.8) is 0 Å². The zero-order valence-corrected chi connectivity index (χ0v) is 39.7. The van der Waals surface area contributed by atoms with Gasteiger partial charge in [-0.25, -0.2) is 14.4 Å². The molecule has 1 aliphatic carbocycles. The molecular weight excluding hydrogens is 962 g/mol. The summed E-state index contributed by atoms with van der Waals surface area (Å²) in [6, 6.07) is 11.1. The van der Waals surface area contributed by atoms with Gasteiger partial charge in [0.25, 0.3) is 5.91 Å². The first-order valence-corrected chi connectivity index (χ1v) is 22.8. The van der Waals surface area contributed by atoms with Crippen LogP contribution in [0.25, 0.3) is 0 Å². The number of piperidine rings is 2. The standard InChI is InChI=1S/C48H47F7N10O3S2/c1-29(2)63(33-21-37(47(50,51)52)40(23-56)58-25-33)44(69)60(5)30(3)7-8-31(4)67-36-13-18-61(19-14-36)28-62-20-15-42(39(49)27-62)68-35-11-9-32(10-12-35)65-45(70)64(43(66)46(65)16-6-17-46)34-22-38(48(53,54)55)41(24-57)59-26-34/h7-12,21-22,25-26,36,39,42H,1,3-4,6,13-20,27-28H2,2,5H3/b8-7-/t39-,42+/m1/s1. The maximum absolute atomic E-state index is 15.7. The lowest BCUT2D eigenvalue weighted by atomic mass is 9.75. The monoisotopic (exact) mass is 1010 g/mol. The van der Waals surface area contributed by atoms with Gasteiger partial charge in [0.15, 0.2) is 21.6 Å². The van der Waals surface area contributed by atoms with E-state index in [1.165, 1.54) is 21.9 Å². The quantitative estimate of drug-likeness (QED) is 0.0698. The summed E-state index contributed by atoms with van der Waals surface area (Å²) >= 11 is 11.3. The first-order chi connectivity index (χ1) is 33.1. The fraction of sp³-hybridized carbons (Fsp3) is 0.396. The maximum Gasteiger partial charge on any atom is 0.419 e. The molecule has 0 N–H and O–H groups in total. The molecule has 1 aromatic carbocycles. The minimum Gasteiger partial charge on any atom is -0.491 e. The van der Waals surface area contributed by atoms with Gasteiger partial charge >= 0.3 is 12.4 Å². The van der Waals surface area contributed by atoms with Crippen molar-refractivity contribution in [3.05, 3.63) is 120 Å². The molecule has 2 aromatic heterocycles. The number of ether oxygens (including phenoxy) is 2. The lowest BCUT2D eigenvalue weighted by Gasteiger charge is -2.43. The van der Waals surface area contributed by atoms with E-state index < -0.39 is 58.6 Å². The molecular formula is C48H47F7N10O3S2. The van der Waals surface area contributed by atoms with E-state index in [1.807, 2.05) is 4.90 Å². The number of nitrogens with zero attached hydrogens (tertiary/aromatic N) is 10. The molecule has 4 aliphatic rings. The third-order valence-electron chi connectivity index (χ3n) is 12.6. The van der Waals surface area contributed by atoms with Crippen LogP contribution in [0.5, 0.6) is 5.75 Å². The molecule has 3 aliphatic heterocycles. The van der Waals surface area contributed by atoms with Gasteiger partial charge in [0.2, 0.25) is 0 Å². The van der Waals surface area contributed by atoms with Crippen molar-refractivity contribution in [3.8, 4) is 17.9 Å². The second kappa shape index (κ2) is 20.5. The molecule has 1 saturated carbocycles. The number of likely N-dealkylation sites (tertiary alicyclic amines) is 2. The molecule has 7 rings (SSSR count). The highest BCUT2D eigenvalue weighted by molar-refractivity contribution is 7.81. The van der Waals surface area contributed by atoms with Gasteiger partial charge in [-0.1, -0.05) is 19.7 Å². The molecule has 368 valence electrons. The Bertz CT molecular complexity index is 2690. The van der Waals surface area contributed by atoms with E-state index in [9.17, 15) is 36.4 Å². The van der Waals surface area contributed by atoms with Crippen molar-refractivity contribution in [2.45, 2.75) is 81.7 Å². The van der Waals surface area contributed by atoms with E-state index in [0.29, 0.717) is 99.5 Å². The van der Waals surface area contributed by atoms with Gasteiger partial charge in [-0.15, -0.1) is 0 Å². The van der Waals surface area contributed by atoms with Crippen molar-refractivity contribution in [1.29, 1.82) is 10.5 Å². The Morgan fingerprint density at radius 2 is 1.51 bits per heavy atom. The number of pyridine rings is 2. The molecule has 0 bridgehead atoms. The summed E-state index contributed by atoms with van der Waals surface area (Å²) < 4.78 is 110. The third kappa shape index (κ3) is 10.6. The second-order valence-corrected chi connectivity index (χ2v) is 18.1. The highest BCUT2D eigenvalue weighted by atomic mass is 32.1. The number of hydrogen-bond donors (Lipinski definition) is 0. The Kier molecular flexibility index (Phi) is 15.0. The van der Waals surface area contributed by atoms with E-state index in [4.69, 9.17) is 39.2 Å². The Morgan fingerprint density at radius 3 is 2.07 bits per heavy atom. The highest BCUT2D eigenvalue weighted by Crippen LogP contribution is 2.48. The lowest BCUT2D eigenvalue weighted by molar-refractivity contribution is -0.138. The maximum atomic E-state index is 15.7. The zero-order valence-electron chi connectivity index (χ0n) is 38.1. The number of carbonyl (C=O) groups is 1. The highest BCUT2D eigenvalue weighted by Gasteiger charge is 2.60. The average Bonchev–Trinajstić information content (AvgIpc) is 3.54. The van der Waals surface area contributed by atoms with Crippen molar-refractivity contribution in [1.82, 2.24) is 24.7 Å². The van der Waals surface area contributed by atoms with Crippen LogP contribution in [0.4, 0.5) is 47.8 Å². The van der Waals surface area contributed by atoms with Crippen LogP contribution in [0, 0.1) is 22.7 Å². The molecule has 0 radical (unpaired) electrons. The first-order valence-electron chi connectivity index (χ1n) is 22.0.